The Bertz CT molecular complexity index is 319. The van der Waals surface area contributed by atoms with Gasteiger partial charge in [0.2, 0.25) is 0 Å². The molecule has 1 atom stereocenters. The van der Waals surface area contributed by atoms with Crippen LogP contribution in [0.15, 0.2) is 30.3 Å². The van der Waals surface area contributed by atoms with E-state index in [1.807, 2.05) is 32.0 Å². The molecule has 0 aliphatic carbocycles. The first-order chi connectivity index (χ1) is 7.06. The number of benzene rings is 1. The van der Waals surface area contributed by atoms with Crippen LogP contribution < -0.4 is 0 Å². The minimum absolute atomic E-state index is 0.132. The van der Waals surface area contributed by atoms with Crippen molar-refractivity contribution in [1.82, 2.24) is 0 Å². The summed E-state index contributed by atoms with van der Waals surface area (Å²) in [5.41, 5.74) is 1.08. The van der Waals surface area contributed by atoms with Crippen LogP contribution in [0.1, 0.15) is 32.3 Å². The summed E-state index contributed by atoms with van der Waals surface area (Å²) in [4.78, 5) is 10.8. The number of carbonyl (C=O) groups is 1. The monoisotopic (exact) mass is 206 g/mol. The minimum atomic E-state index is -0.713. The van der Waals surface area contributed by atoms with Gasteiger partial charge in [0.25, 0.3) is 0 Å². The highest BCUT2D eigenvalue weighted by molar-refractivity contribution is 5.67. The van der Waals surface area contributed by atoms with Crippen molar-refractivity contribution in [1.29, 1.82) is 0 Å². The van der Waals surface area contributed by atoms with Crippen LogP contribution in [-0.2, 0) is 11.2 Å². The zero-order valence-corrected chi connectivity index (χ0v) is 9.36. The first-order valence-electron chi connectivity index (χ1n) is 5.31. The Morgan fingerprint density at radius 2 is 1.93 bits per heavy atom. The molecular formula is C13H18O2. The third-order valence-electron chi connectivity index (χ3n) is 2.91. The number of carboxylic acids is 1. The van der Waals surface area contributed by atoms with E-state index in [9.17, 15) is 4.79 Å². The molecule has 0 aromatic heterocycles. The molecule has 2 nitrogen and oxygen atoms in total. The topological polar surface area (TPSA) is 37.3 Å². The molecule has 0 saturated heterocycles. The van der Waals surface area contributed by atoms with Gasteiger partial charge in [-0.2, -0.15) is 0 Å². The van der Waals surface area contributed by atoms with Gasteiger partial charge in [-0.25, -0.2) is 0 Å². The minimum Gasteiger partial charge on any atom is -0.481 e. The van der Waals surface area contributed by atoms with Crippen LogP contribution in [0.5, 0.6) is 0 Å². The van der Waals surface area contributed by atoms with Crippen LogP contribution in [0, 0.1) is 5.41 Å². The molecule has 0 bridgehead atoms. The van der Waals surface area contributed by atoms with Crippen LogP contribution in [0.3, 0.4) is 0 Å². The second-order valence-corrected chi connectivity index (χ2v) is 4.40. The second-order valence-electron chi connectivity index (χ2n) is 4.40. The summed E-state index contributed by atoms with van der Waals surface area (Å²) in [5.74, 6) is -0.713. The second kappa shape index (κ2) is 4.96. The van der Waals surface area contributed by atoms with Gasteiger partial charge in [-0.1, -0.05) is 44.2 Å². The number of rotatable bonds is 5. The summed E-state index contributed by atoms with van der Waals surface area (Å²) < 4.78 is 0. The maximum Gasteiger partial charge on any atom is 0.303 e. The number of hydrogen-bond acceptors (Lipinski definition) is 1. The first kappa shape index (κ1) is 11.8. The lowest BCUT2D eigenvalue weighted by Gasteiger charge is -2.26. The van der Waals surface area contributed by atoms with Gasteiger partial charge >= 0.3 is 5.97 Å². The van der Waals surface area contributed by atoms with E-state index in [1.54, 1.807) is 0 Å². The lowest BCUT2D eigenvalue weighted by molar-refractivity contribution is -0.139. The van der Waals surface area contributed by atoms with Crippen LogP contribution in [0.4, 0.5) is 0 Å². The van der Waals surface area contributed by atoms with Crippen molar-refractivity contribution in [2.24, 2.45) is 5.41 Å². The maximum atomic E-state index is 10.8. The lowest BCUT2D eigenvalue weighted by atomic mass is 9.78. The molecule has 0 amide bonds. The number of hydrogen-bond donors (Lipinski definition) is 1. The molecule has 1 rings (SSSR count). The largest absolute Gasteiger partial charge is 0.481 e. The summed E-state index contributed by atoms with van der Waals surface area (Å²) >= 11 is 0. The Balaban J connectivity index is 2.72. The molecule has 1 N–H and O–H groups in total. The predicted octanol–water partition coefficient (Wildman–Crippen LogP) is 3.12. The molecule has 1 unspecified atom stereocenters. The Hall–Kier alpha value is -1.31. The van der Waals surface area contributed by atoms with E-state index in [0.29, 0.717) is 0 Å². The Morgan fingerprint density at radius 3 is 2.40 bits per heavy atom. The molecule has 0 aliphatic heterocycles. The Morgan fingerprint density at radius 1 is 1.33 bits per heavy atom. The third-order valence-corrected chi connectivity index (χ3v) is 2.91. The van der Waals surface area contributed by atoms with E-state index < -0.39 is 5.97 Å². The zero-order chi connectivity index (χ0) is 11.3. The van der Waals surface area contributed by atoms with Crippen molar-refractivity contribution in [2.45, 2.75) is 33.1 Å². The highest BCUT2D eigenvalue weighted by Crippen LogP contribution is 2.30. The van der Waals surface area contributed by atoms with E-state index in [0.717, 1.165) is 12.8 Å². The fraction of sp³-hybridized carbons (Fsp3) is 0.462. The van der Waals surface area contributed by atoms with E-state index >= 15 is 0 Å². The number of aliphatic carboxylic acids is 1. The van der Waals surface area contributed by atoms with Crippen molar-refractivity contribution in [3.63, 3.8) is 0 Å². The fourth-order valence-corrected chi connectivity index (χ4v) is 1.77. The molecule has 1 aromatic rings. The van der Waals surface area contributed by atoms with Crippen LogP contribution in [0.2, 0.25) is 0 Å². The maximum absolute atomic E-state index is 10.8. The van der Waals surface area contributed by atoms with Crippen molar-refractivity contribution < 1.29 is 9.90 Å². The molecule has 0 spiro atoms. The van der Waals surface area contributed by atoms with Gasteiger partial charge in [-0.05, 0) is 23.8 Å². The highest BCUT2D eigenvalue weighted by atomic mass is 16.4. The molecule has 15 heavy (non-hydrogen) atoms. The molecule has 0 saturated carbocycles. The normalized spacial score (nSPS) is 14.5. The van der Waals surface area contributed by atoms with E-state index in [4.69, 9.17) is 5.11 Å². The molecular weight excluding hydrogens is 188 g/mol. The molecule has 1 aromatic carbocycles. The third kappa shape index (κ3) is 3.74. The standard InChI is InChI=1S/C13H18O2/c1-3-13(2,10-12(14)15)9-11-7-5-4-6-8-11/h4-8H,3,9-10H2,1-2H3,(H,14,15). The molecule has 2 heteroatoms. The average Bonchev–Trinajstić information content (AvgIpc) is 2.18. The van der Waals surface area contributed by atoms with E-state index in [-0.39, 0.29) is 11.8 Å². The molecule has 0 radical (unpaired) electrons. The van der Waals surface area contributed by atoms with Crippen molar-refractivity contribution in [3.05, 3.63) is 35.9 Å². The summed E-state index contributed by atoms with van der Waals surface area (Å²) in [7, 11) is 0. The van der Waals surface area contributed by atoms with Crippen LogP contribution in [0.25, 0.3) is 0 Å². The van der Waals surface area contributed by atoms with Gasteiger partial charge in [-0.15, -0.1) is 0 Å². The summed E-state index contributed by atoms with van der Waals surface area (Å²) in [6.45, 7) is 4.08. The van der Waals surface area contributed by atoms with Gasteiger partial charge in [0.15, 0.2) is 0 Å². The van der Waals surface area contributed by atoms with Gasteiger partial charge in [0, 0.05) is 0 Å². The quantitative estimate of drug-likeness (QED) is 0.803. The van der Waals surface area contributed by atoms with Crippen molar-refractivity contribution in [3.8, 4) is 0 Å². The van der Waals surface area contributed by atoms with Crippen molar-refractivity contribution >= 4 is 5.97 Å². The Kier molecular flexibility index (Phi) is 3.89. The highest BCUT2D eigenvalue weighted by Gasteiger charge is 2.25. The first-order valence-corrected chi connectivity index (χ1v) is 5.31. The van der Waals surface area contributed by atoms with Crippen LogP contribution in [-0.4, -0.2) is 11.1 Å². The molecule has 82 valence electrons. The van der Waals surface area contributed by atoms with E-state index in [2.05, 4.69) is 12.1 Å². The van der Waals surface area contributed by atoms with Gasteiger partial charge in [-0.3, -0.25) is 4.79 Å². The zero-order valence-electron chi connectivity index (χ0n) is 9.36. The van der Waals surface area contributed by atoms with Gasteiger partial charge in [0.1, 0.15) is 0 Å². The van der Waals surface area contributed by atoms with Gasteiger partial charge < -0.3 is 5.11 Å². The predicted molar refractivity (Wildman–Crippen MR) is 60.8 cm³/mol. The molecule has 0 heterocycles. The van der Waals surface area contributed by atoms with Crippen molar-refractivity contribution in [2.75, 3.05) is 0 Å². The lowest BCUT2D eigenvalue weighted by Crippen LogP contribution is -2.22. The van der Waals surface area contributed by atoms with E-state index in [1.165, 1.54) is 5.56 Å². The summed E-state index contributed by atoms with van der Waals surface area (Å²) in [6, 6.07) is 10.1. The summed E-state index contributed by atoms with van der Waals surface area (Å²) in [5, 5.41) is 8.86. The average molecular weight is 206 g/mol. The molecule has 0 aliphatic rings. The molecule has 0 fully saturated rings. The van der Waals surface area contributed by atoms with Crippen LogP contribution >= 0.6 is 0 Å². The van der Waals surface area contributed by atoms with Gasteiger partial charge in [0.05, 0.1) is 6.42 Å². The smallest absolute Gasteiger partial charge is 0.303 e. The fourth-order valence-electron chi connectivity index (χ4n) is 1.77. The Labute approximate surface area is 90.9 Å². The SMILES string of the molecule is CCC(C)(CC(=O)O)Cc1ccccc1. The number of carboxylic acid groups (broad SMARTS) is 1. The summed E-state index contributed by atoms with van der Waals surface area (Å²) in [6.07, 6.45) is 1.95.